The number of carboxylic acids is 1. The Morgan fingerprint density at radius 3 is 2.56 bits per heavy atom. The number of benzene rings is 1. The van der Waals surface area contributed by atoms with Crippen LogP contribution in [0.5, 0.6) is 0 Å². The zero-order valence-electron chi connectivity index (χ0n) is 13.5. The number of thioether (sulfide) groups is 1. The Morgan fingerprint density at radius 2 is 2.00 bits per heavy atom. The van der Waals surface area contributed by atoms with Gasteiger partial charge in [0.05, 0.1) is 17.7 Å². The number of aliphatic carboxylic acids is 1. The molecule has 0 N–H and O–H groups in total. The molecule has 130 valence electrons. The van der Waals surface area contributed by atoms with Gasteiger partial charge in [0.15, 0.2) is 9.86 Å². The van der Waals surface area contributed by atoms with Gasteiger partial charge in [-0.05, 0) is 24.8 Å². The number of carboxylic acid groups (broad SMARTS) is 1. The number of para-hydroxylation sites is 1. The van der Waals surface area contributed by atoms with Crippen LogP contribution in [0.4, 0.5) is 0 Å². The van der Waals surface area contributed by atoms with E-state index in [9.17, 15) is 19.5 Å². The number of fused-ring (bicyclic) bond motifs is 1. The molecule has 0 amide bonds. The molecular weight excluding hydrogens is 362 g/mol. The molecule has 3 aromatic rings. The van der Waals surface area contributed by atoms with Crippen molar-refractivity contribution in [1.82, 2.24) is 14.1 Å². The number of aromatic nitrogens is 3. The van der Waals surface area contributed by atoms with Gasteiger partial charge in [0.2, 0.25) is 0 Å². The van der Waals surface area contributed by atoms with Gasteiger partial charge in [0.1, 0.15) is 4.83 Å². The molecule has 0 saturated heterocycles. The Morgan fingerprint density at radius 1 is 1.32 bits per heavy atom. The quantitative estimate of drug-likeness (QED) is 0.617. The SMILES string of the molecule is CCC(C(=O)[O-])n1c(=O)c2nc(SC)sc2n(-c2ccccc2)c1=O. The number of nitrogens with zero attached hydrogens (tertiary/aromatic N) is 3. The van der Waals surface area contributed by atoms with Gasteiger partial charge in [0.25, 0.3) is 5.56 Å². The molecule has 0 aliphatic heterocycles. The minimum atomic E-state index is -1.47. The standard InChI is InChI=1S/C16H15N3O4S2/c1-3-10(14(21)22)19-12(20)11-13(25-15(17-11)24-2)18(16(19)23)9-7-5-4-6-8-9/h4-8,10H,3H2,1-2H3,(H,21,22)/p-1. The maximum absolute atomic E-state index is 13.0. The van der Waals surface area contributed by atoms with Crippen molar-refractivity contribution < 1.29 is 9.90 Å². The van der Waals surface area contributed by atoms with E-state index in [2.05, 4.69) is 4.98 Å². The molecule has 7 nitrogen and oxygen atoms in total. The summed E-state index contributed by atoms with van der Waals surface area (Å²) >= 11 is 2.58. The lowest BCUT2D eigenvalue weighted by atomic mass is 10.2. The molecule has 1 atom stereocenters. The molecule has 0 aliphatic carbocycles. The van der Waals surface area contributed by atoms with Gasteiger partial charge >= 0.3 is 5.69 Å². The predicted octanol–water partition coefficient (Wildman–Crippen LogP) is 1.03. The molecule has 9 heteroatoms. The summed E-state index contributed by atoms with van der Waals surface area (Å²) < 4.78 is 2.68. The fourth-order valence-electron chi connectivity index (χ4n) is 2.60. The van der Waals surface area contributed by atoms with Crippen LogP contribution in [0.1, 0.15) is 19.4 Å². The van der Waals surface area contributed by atoms with Gasteiger partial charge in [-0.25, -0.2) is 14.3 Å². The van der Waals surface area contributed by atoms with Crippen molar-refractivity contribution in [1.29, 1.82) is 0 Å². The first-order valence-electron chi connectivity index (χ1n) is 7.48. The lowest BCUT2D eigenvalue weighted by Gasteiger charge is -2.19. The van der Waals surface area contributed by atoms with E-state index in [1.54, 1.807) is 37.3 Å². The highest BCUT2D eigenvalue weighted by Crippen LogP contribution is 2.27. The van der Waals surface area contributed by atoms with Crippen LogP contribution in [-0.2, 0) is 4.79 Å². The summed E-state index contributed by atoms with van der Waals surface area (Å²) in [6, 6.07) is 7.41. The summed E-state index contributed by atoms with van der Waals surface area (Å²) in [6.07, 6.45) is 1.87. The molecule has 0 saturated carbocycles. The van der Waals surface area contributed by atoms with Crippen molar-refractivity contribution in [3.05, 3.63) is 51.2 Å². The number of thiazole rings is 1. The first-order valence-corrected chi connectivity index (χ1v) is 9.52. The van der Waals surface area contributed by atoms with Crippen molar-refractivity contribution in [2.45, 2.75) is 23.7 Å². The van der Waals surface area contributed by atoms with Gasteiger partial charge in [-0.3, -0.25) is 9.36 Å². The molecule has 0 aliphatic rings. The highest BCUT2D eigenvalue weighted by Gasteiger charge is 2.23. The largest absolute Gasteiger partial charge is 0.548 e. The van der Waals surface area contributed by atoms with Crippen LogP contribution < -0.4 is 16.4 Å². The summed E-state index contributed by atoms with van der Waals surface area (Å²) in [5.41, 5.74) is -0.802. The molecule has 1 aromatic carbocycles. The van der Waals surface area contributed by atoms with Crippen molar-refractivity contribution in [3.8, 4) is 5.69 Å². The Labute approximate surface area is 150 Å². The number of rotatable bonds is 5. The van der Waals surface area contributed by atoms with E-state index in [1.807, 2.05) is 6.26 Å². The van der Waals surface area contributed by atoms with Crippen molar-refractivity contribution in [3.63, 3.8) is 0 Å². The Bertz CT molecular complexity index is 1050. The van der Waals surface area contributed by atoms with Crippen molar-refractivity contribution in [2.75, 3.05) is 6.26 Å². The van der Waals surface area contributed by atoms with Crippen LogP contribution in [0.25, 0.3) is 16.0 Å². The van der Waals surface area contributed by atoms with Crippen molar-refractivity contribution in [2.24, 2.45) is 0 Å². The molecule has 0 fully saturated rings. The van der Waals surface area contributed by atoms with E-state index < -0.39 is 23.3 Å². The van der Waals surface area contributed by atoms with Crippen molar-refractivity contribution >= 4 is 39.4 Å². The topological polar surface area (TPSA) is 97.0 Å². The number of hydrogen-bond donors (Lipinski definition) is 0. The van der Waals surface area contributed by atoms with Gasteiger partial charge in [-0.2, -0.15) is 0 Å². The van der Waals surface area contributed by atoms with Crippen LogP contribution >= 0.6 is 23.1 Å². The number of carbonyl (C=O) groups is 1. The predicted molar refractivity (Wildman–Crippen MR) is 95.6 cm³/mol. The smallest absolute Gasteiger partial charge is 0.337 e. The lowest BCUT2D eigenvalue weighted by molar-refractivity contribution is -0.310. The van der Waals surface area contributed by atoms with Gasteiger partial charge in [0, 0.05) is 0 Å². The number of carbonyl (C=O) groups excluding carboxylic acids is 1. The van der Waals surface area contributed by atoms with Crippen LogP contribution in [0.3, 0.4) is 0 Å². The molecule has 0 radical (unpaired) electrons. The second kappa shape index (κ2) is 6.85. The second-order valence-electron chi connectivity index (χ2n) is 5.21. The average Bonchev–Trinajstić information content (AvgIpc) is 3.03. The summed E-state index contributed by atoms with van der Waals surface area (Å²) in [5, 5.41) is 11.4. The Kier molecular flexibility index (Phi) is 4.78. The highest BCUT2D eigenvalue weighted by atomic mass is 32.2. The van der Waals surface area contributed by atoms with E-state index >= 15 is 0 Å². The summed E-state index contributed by atoms with van der Waals surface area (Å²) in [7, 11) is 0. The average molecular weight is 376 g/mol. The lowest BCUT2D eigenvalue weighted by Crippen LogP contribution is -2.47. The maximum Gasteiger partial charge on any atom is 0.337 e. The molecule has 0 spiro atoms. The fraction of sp³-hybridized carbons (Fsp3) is 0.250. The monoisotopic (exact) mass is 376 g/mol. The number of hydrogen-bond acceptors (Lipinski definition) is 7. The first kappa shape index (κ1) is 17.4. The third-order valence-corrected chi connectivity index (χ3v) is 5.80. The minimum Gasteiger partial charge on any atom is -0.548 e. The summed E-state index contributed by atoms with van der Waals surface area (Å²) in [5.74, 6) is -1.47. The van der Waals surface area contributed by atoms with Crippen LogP contribution in [0.15, 0.2) is 44.3 Å². The van der Waals surface area contributed by atoms with E-state index in [1.165, 1.54) is 27.7 Å². The van der Waals surface area contributed by atoms with E-state index in [4.69, 9.17) is 0 Å². The van der Waals surface area contributed by atoms with Crippen LogP contribution in [0.2, 0.25) is 0 Å². The Balaban J connectivity index is 2.49. The minimum absolute atomic E-state index is 0.0529. The zero-order chi connectivity index (χ0) is 18.1. The van der Waals surface area contributed by atoms with Gasteiger partial charge < -0.3 is 9.90 Å². The molecule has 3 rings (SSSR count). The van der Waals surface area contributed by atoms with Crippen LogP contribution in [0, 0.1) is 0 Å². The molecule has 25 heavy (non-hydrogen) atoms. The maximum atomic E-state index is 13.0. The molecule has 0 bridgehead atoms. The normalized spacial score (nSPS) is 12.4. The van der Waals surface area contributed by atoms with Gasteiger partial charge in [-0.15, -0.1) is 0 Å². The second-order valence-corrected chi connectivity index (χ2v) is 7.24. The third-order valence-electron chi connectivity index (χ3n) is 3.77. The third kappa shape index (κ3) is 2.89. The summed E-state index contributed by atoms with van der Waals surface area (Å²) in [4.78, 5) is 41.9. The molecule has 2 heterocycles. The van der Waals surface area contributed by atoms with E-state index in [0.717, 1.165) is 4.57 Å². The molecular formula is C16H14N3O4S2-. The first-order chi connectivity index (χ1) is 12.0. The van der Waals surface area contributed by atoms with E-state index in [-0.39, 0.29) is 11.9 Å². The van der Waals surface area contributed by atoms with Crippen LogP contribution in [-0.4, -0.2) is 26.3 Å². The Hall–Kier alpha value is -2.39. The molecule has 1 unspecified atom stereocenters. The fourth-order valence-corrected chi connectivity index (χ4v) is 4.16. The van der Waals surface area contributed by atoms with E-state index in [0.29, 0.717) is 14.9 Å². The summed E-state index contributed by atoms with van der Waals surface area (Å²) in [6.45, 7) is 1.58. The molecule has 2 aromatic heterocycles. The zero-order valence-corrected chi connectivity index (χ0v) is 15.1. The highest BCUT2D eigenvalue weighted by molar-refractivity contribution is 8.00. The van der Waals surface area contributed by atoms with Gasteiger partial charge in [-0.1, -0.05) is 48.2 Å².